The number of carbonyl (C=O) groups is 1. The van der Waals surface area contributed by atoms with E-state index in [1.54, 1.807) is 19.2 Å². The lowest BCUT2D eigenvalue weighted by molar-refractivity contribution is 0.0696. The Labute approximate surface area is 125 Å². The first kappa shape index (κ1) is 15.0. The number of aromatic carboxylic acids is 1. The van der Waals surface area contributed by atoms with E-state index in [-0.39, 0.29) is 5.56 Å². The maximum atomic E-state index is 11.6. The Morgan fingerprint density at radius 2 is 1.95 bits per heavy atom. The molecule has 1 N–H and O–H groups in total. The van der Waals surface area contributed by atoms with Crippen molar-refractivity contribution in [2.24, 2.45) is 0 Å². The van der Waals surface area contributed by atoms with Crippen LogP contribution in [0.3, 0.4) is 0 Å². The van der Waals surface area contributed by atoms with Gasteiger partial charge in [0.2, 0.25) is 0 Å². The molecule has 0 bridgehead atoms. The highest BCUT2D eigenvalue weighted by Crippen LogP contribution is 2.28. The van der Waals surface area contributed by atoms with Crippen LogP contribution in [0, 0.1) is 6.92 Å². The predicted molar refractivity (Wildman–Crippen MR) is 84.3 cm³/mol. The van der Waals surface area contributed by atoms with Gasteiger partial charge in [-0.2, -0.15) is 0 Å². The van der Waals surface area contributed by atoms with Gasteiger partial charge >= 0.3 is 5.97 Å². The Morgan fingerprint density at radius 3 is 2.57 bits per heavy atom. The molecule has 2 rings (SSSR count). The Hall–Kier alpha value is -2.36. The van der Waals surface area contributed by atoms with Gasteiger partial charge in [-0.05, 0) is 37.1 Å². The molecule has 21 heavy (non-hydrogen) atoms. The zero-order chi connectivity index (χ0) is 15.2. The quantitative estimate of drug-likeness (QED) is 0.870. The Kier molecular flexibility index (Phi) is 4.93. The third kappa shape index (κ3) is 3.40. The first-order chi connectivity index (χ1) is 10.1. The molecule has 1 aromatic carbocycles. The molecule has 0 saturated carbocycles. The zero-order valence-corrected chi connectivity index (χ0v) is 12.4. The van der Waals surface area contributed by atoms with Gasteiger partial charge in [-0.1, -0.05) is 31.5 Å². The van der Waals surface area contributed by atoms with Crippen LogP contribution < -0.4 is 4.90 Å². The molecule has 1 aromatic heterocycles. The number of hydrogen-bond acceptors (Lipinski definition) is 3. The molecule has 0 amide bonds. The Morgan fingerprint density at radius 1 is 1.24 bits per heavy atom. The van der Waals surface area contributed by atoms with Crippen LogP contribution >= 0.6 is 0 Å². The molecule has 4 heteroatoms. The number of benzene rings is 1. The van der Waals surface area contributed by atoms with Gasteiger partial charge in [0.1, 0.15) is 11.4 Å². The molecule has 0 aliphatic rings. The van der Waals surface area contributed by atoms with Crippen molar-refractivity contribution in [2.45, 2.75) is 26.7 Å². The van der Waals surface area contributed by atoms with Gasteiger partial charge in [0.15, 0.2) is 0 Å². The molecule has 0 aliphatic carbocycles. The lowest BCUT2D eigenvalue weighted by atomic mass is 10.1. The molecule has 4 nitrogen and oxygen atoms in total. The third-order valence-electron chi connectivity index (χ3n) is 3.41. The lowest BCUT2D eigenvalue weighted by Crippen LogP contribution is -2.22. The van der Waals surface area contributed by atoms with Gasteiger partial charge in [-0.3, -0.25) is 0 Å². The Bertz CT molecular complexity index is 611. The van der Waals surface area contributed by atoms with E-state index in [9.17, 15) is 9.90 Å². The van der Waals surface area contributed by atoms with Crippen LogP contribution in [0.1, 0.15) is 35.7 Å². The molecule has 2 aromatic rings. The van der Waals surface area contributed by atoms with Gasteiger partial charge in [-0.25, -0.2) is 9.78 Å². The van der Waals surface area contributed by atoms with Gasteiger partial charge in [0.05, 0.1) is 0 Å². The molecule has 0 fully saturated rings. The maximum Gasteiger partial charge on any atom is 0.339 e. The summed E-state index contributed by atoms with van der Waals surface area (Å²) in [6.45, 7) is 4.67. The van der Waals surface area contributed by atoms with E-state index in [1.807, 2.05) is 35.2 Å². The fraction of sp³-hybridized carbons (Fsp3) is 0.294. The molecule has 0 atom stereocenters. The number of nitrogens with zero attached hydrogens (tertiary/aromatic N) is 2. The highest BCUT2D eigenvalue weighted by molar-refractivity contribution is 5.96. The fourth-order valence-corrected chi connectivity index (χ4v) is 2.29. The number of anilines is 2. The number of para-hydroxylation sites is 1. The first-order valence-electron chi connectivity index (χ1n) is 7.16. The van der Waals surface area contributed by atoms with Crippen molar-refractivity contribution < 1.29 is 9.90 Å². The summed E-state index contributed by atoms with van der Waals surface area (Å²) < 4.78 is 0. The monoisotopic (exact) mass is 284 g/mol. The van der Waals surface area contributed by atoms with Gasteiger partial charge in [0.25, 0.3) is 0 Å². The summed E-state index contributed by atoms with van der Waals surface area (Å²) in [7, 11) is 0. The van der Waals surface area contributed by atoms with Crippen molar-refractivity contribution in [1.82, 2.24) is 4.98 Å². The van der Waals surface area contributed by atoms with E-state index in [2.05, 4.69) is 11.9 Å². The summed E-state index contributed by atoms with van der Waals surface area (Å²) in [5.41, 5.74) is 1.97. The van der Waals surface area contributed by atoms with Crippen molar-refractivity contribution in [3.63, 3.8) is 0 Å². The number of pyridine rings is 1. The van der Waals surface area contributed by atoms with E-state index in [0.29, 0.717) is 5.82 Å². The average Bonchev–Trinajstić information content (AvgIpc) is 2.48. The van der Waals surface area contributed by atoms with Crippen LogP contribution in [0.2, 0.25) is 0 Å². The molecule has 0 saturated heterocycles. The molecule has 0 unspecified atom stereocenters. The number of carboxylic acids is 1. The summed E-state index contributed by atoms with van der Waals surface area (Å²) in [4.78, 5) is 17.9. The normalized spacial score (nSPS) is 10.4. The van der Waals surface area contributed by atoms with E-state index < -0.39 is 5.97 Å². The maximum absolute atomic E-state index is 11.6. The van der Waals surface area contributed by atoms with Crippen molar-refractivity contribution in [3.8, 4) is 0 Å². The molecule has 0 spiro atoms. The number of rotatable bonds is 6. The second-order valence-corrected chi connectivity index (χ2v) is 4.97. The summed E-state index contributed by atoms with van der Waals surface area (Å²) in [5.74, 6) is -0.421. The number of hydrogen-bond donors (Lipinski definition) is 1. The summed E-state index contributed by atoms with van der Waals surface area (Å²) in [6.07, 6.45) is 3.68. The largest absolute Gasteiger partial charge is 0.478 e. The van der Waals surface area contributed by atoms with Crippen molar-refractivity contribution in [2.75, 3.05) is 11.4 Å². The summed E-state index contributed by atoms with van der Waals surface area (Å²) in [6, 6.07) is 11.5. The molecular weight excluding hydrogens is 264 g/mol. The van der Waals surface area contributed by atoms with Crippen molar-refractivity contribution in [1.29, 1.82) is 0 Å². The number of aryl methyl sites for hydroxylation is 1. The summed E-state index contributed by atoms with van der Waals surface area (Å²) >= 11 is 0. The van der Waals surface area contributed by atoms with Crippen LogP contribution in [0.5, 0.6) is 0 Å². The molecule has 1 heterocycles. The lowest BCUT2D eigenvalue weighted by Gasteiger charge is -2.25. The molecule has 0 aliphatic heterocycles. The van der Waals surface area contributed by atoms with Crippen LogP contribution in [0.25, 0.3) is 0 Å². The van der Waals surface area contributed by atoms with E-state index in [0.717, 1.165) is 30.6 Å². The van der Waals surface area contributed by atoms with Gasteiger partial charge in [-0.15, -0.1) is 0 Å². The van der Waals surface area contributed by atoms with Gasteiger partial charge < -0.3 is 10.0 Å². The highest BCUT2D eigenvalue weighted by atomic mass is 16.4. The highest BCUT2D eigenvalue weighted by Gasteiger charge is 2.20. The predicted octanol–water partition coefficient (Wildman–Crippen LogP) is 4.03. The van der Waals surface area contributed by atoms with E-state index >= 15 is 0 Å². The van der Waals surface area contributed by atoms with Crippen LogP contribution in [-0.2, 0) is 0 Å². The second kappa shape index (κ2) is 6.88. The minimum absolute atomic E-state index is 0.275. The van der Waals surface area contributed by atoms with Crippen LogP contribution in [-0.4, -0.2) is 22.6 Å². The fourth-order valence-electron chi connectivity index (χ4n) is 2.29. The standard InChI is InChI=1S/C17H20N2O2/c1-3-4-12-19(14-8-6-5-7-9-14)16-15(17(20)21)13(2)10-11-18-16/h5-11H,3-4,12H2,1-2H3,(H,20,21). The Balaban J connectivity index is 2.52. The molecular formula is C17H20N2O2. The van der Waals surface area contributed by atoms with E-state index in [4.69, 9.17) is 0 Å². The van der Waals surface area contributed by atoms with Crippen LogP contribution in [0.15, 0.2) is 42.6 Å². The van der Waals surface area contributed by atoms with E-state index in [1.165, 1.54) is 0 Å². The van der Waals surface area contributed by atoms with Gasteiger partial charge in [0, 0.05) is 18.4 Å². The first-order valence-corrected chi connectivity index (χ1v) is 7.16. The molecule has 110 valence electrons. The number of carboxylic acid groups (broad SMARTS) is 1. The van der Waals surface area contributed by atoms with Crippen molar-refractivity contribution in [3.05, 3.63) is 53.7 Å². The minimum Gasteiger partial charge on any atom is -0.478 e. The molecule has 0 radical (unpaired) electrons. The second-order valence-electron chi connectivity index (χ2n) is 4.97. The SMILES string of the molecule is CCCCN(c1ccccc1)c1nccc(C)c1C(=O)O. The topological polar surface area (TPSA) is 53.4 Å². The number of unbranched alkanes of at least 4 members (excludes halogenated alkanes) is 1. The van der Waals surface area contributed by atoms with Crippen molar-refractivity contribution >= 4 is 17.5 Å². The minimum atomic E-state index is -0.937. The number of aromatic nitrogens is 1. The smallest absolute Gasteiger partial charge is 0.339 e. The summed E-state index contributed by atoms with van der Waals surface area (Å²) in [5, 5.41) is 9.50. The third-order valence-corrected chi connectivity index (χ3v) is 3.41. The van der Waals surface area contributed by atoms with Crippen LogP contribution in [0.4, 0.5) is 11.5 Å². The average molecular weight is 284 g/mol. The zero-order valence-electron chi connectivity index (χ0n) is 12.4.